The maximum absolute atomic E-state index is 5.93. The van der Waals surface area contributed by atoms with Crippen molar-refractivity contribution in [2.45, 2.75) is 45.6 Å². The molecule has 0 aromatic carbocycles. The molecule has 1 aliphatic rings. The number of rotatable bonds is 6. The van der Waals surface area contributed by atoms with Gasteiger partial charge < -0.3 is 9.64 Å². The summed E-state index contributed by atoms with van der Waals surface area (Å²) in [6, 6.07) is 5.98. The van der Waals surface area contributed by atoms with Crippen LogP contribution in [0.25, 0.3) is 11.4 Å². The molecule has 3 heterocycles. The molecule has 1 aliphatic heterocycles. The first-order chi connectivity index (χ1) is 11.8. The fraction of sp³-hybridized carbons (Fsp3) is 0.526. The maximum atomic E-state index is 5.93. The van der Waals surface area contributed by atoms with E-state index in [0.717, 1.165) is 55.4 Å². The van der Waals surface area contributed by atoms with Crippen LogP contribution in [-0.2, 0) is 4.74 Å². The Morgan fingerprint density at radius 1 is 1.21 bits per heavy atom. The second-order valence-corrected chi connectivity index (χ2v) is 6.36. The van der Waals surface area contributed by atoms with Crippen molar-refractivity contribution in [3.63, 3.8) is 0 Å². The molecule has 1 atom stereocenters. The summed E-state index contributed by atoms with van der Waals surface area (Å²) in [6.07, 6.45) is 8.53. The summed E-state index contributed by atoms with van der Waals surface area (Å²) in [7, 11) is 0. The van der Waals surface area contributed by atoms with Crippen molar-refractivity contribution >= 4 is 5.82 Å². The Balaban J connectivity index is 1.85. The number of anilines is 1. The first-order valence-electron chi connectivity index (χ1n) is 8.89. The van der Waals surface area contributed by atoms with Gasteiger partial charge in [0, 0.05) is 49.4 Å². The fourth-order valence-corrected chi connectivity index (χ4v) is 3.11. The second-order valence-electron chi connectivity index (χ2n) is 6.36. The molecule has 2 aromatic heterocycles. The van der Waals surface area contributed by atoms with Gasteiger partial charge >= 0.3 is 0 Å². The van der Waals surface area contributed by atoms with Gasteiger partial charge in [-0.25, -0.2) is 9.97 Å². The van der Waals surface area contributed by atoms with Gasteiger partial charge in [0.25, 0.3) is 0 Å². The van der Waals surface area contributed by atoms with Gasteiger partial charge in [-0.15, -0.1) is 0 Å². The van der Waals surface area contributed by atoms with E-state index in [1.54, 1.807) is 12.4 Å². The van der Waals surface area contributed by atoms with Crippen molar-refractivity contribution in [2.75, 3.05) is 24.6 Å². The number of hydrogen-bond donors (Lipinski definition) is 0. The van der Waals surface area contributed by atoms with Crippen LogP contribution >= 0.6 is 0 Å². The van der Waals surface area contributed by atoms with Crippen LogP contribution in [0.15, 0.2) is 30.6 Å². The van der Waals surface area contributed by atoms with E-state index in [9.17, 15) is 0 Å². The molecule has 128 valence electrons. The van der Waals surface area contributed by atoms with Crippen molar-refractivity contribution in [2.24, 2.45) is 0 Å². The molecular formula is C19H26N4O. The first-order valence-corrected chi connectivity index (χ1v) is 8.89. The molecule has 0 bridgehead atoms. The smallest absolute Gasteiger partial charge is 0.161 e. The highest BCUT2D eigenvalue weighted by atomic mass is 16.5. The molecule has 0 unspecified atom stereocenters. The van der Waals surface area contributed by atoms with Crippen LogP contribution in [0.2, 0.25) is 0 Å². The van der Waals surface area contributed by atoms with Gasteiger partial charge in [0.05, 0.1) is 6.10 Å². The zero-order chi connectivity index (χ0) is 16.8. The van der Waals surface area contributed by atoms with Crippen LogP contribution in [0, 0.1) is 6.92 Å². The summed E-state index contributed by atoms with van der Waals surface area (Å²) in [5.41, 5.74) is 1.98. The van der Waals surface area contributed by atoms with Crippen molar-refractivity contribution in [1.29, 1.82) is 0 Å². The zero-order valence-electron chi connectivity index (χ0n) is 14.6. The molecule has 5 nitrogen and oxygen atoms in total. The van der Waals surface area contributed by atoms with E-state index in [-0.39, 0.29) is 0 Å². The van der Waals surface area contributed by atoms with Gasteiger partial charge in [0.2, 0.25) is 0 Å². The van der Waals surface area contributed by atoms with E-state index in [1.807, 2.05) is 19.1 Å². The van der Waals surface area contributed by atoms with Crippen LogP contribution in [0.3, 0.4) is 0 Å². The average Bonchev–Trinajstić information content (AvgIpc) is 2.62. The molecule has 5 heteroatoms. The number of nitrogens with zero attached hydrogens (tertiary/aromatic N) is 4. The van der Waals surface area contributed by atoms with Gasteiger partial charge in [0.1, 0.15) is 5.82 Å². The third-order valence-electron chi connectivity index (χ3n) is 4.29. The Bertz CT molecular complexity index is 641. The Hall–Kier alpha value is -2.01. The second kappa shape index (κ2) is 8.20. The first kappa shape index (κ1) is 16.8. The van der Waals surface area contributed by atoms with Crippen molar-refractivity contribution in [3.8, 4) is 11.4 Å². The monoisotopic (exact) mass is 326 g/mol. The summed E-state index contributed by atoms with van der Waals surface area (Å²) < 4.78 is 5.93. The predicted molar refractivity (Wildman–Crippen MR) is 96.1 cm³/mol. The molecule has 1 fully saturated rings. The van der Waals surface area contributed by atoms with Crippen molar-refractivity contribution in [3.05, 3.63) is 36.3 Å². The van der Waals surface area contributed by atoms with Crippen molar-refractivity contribution in [1.82, 2.24) is 15.0 Å². The number of aromatic nitrogens is 3. The highest BCUT2D eigenvalue weighted by Crippen LogP contribution is 2.22. The van der Waals surface area contributed by atoms with Crippen LogP contribution < -0.4 is 4.90 Å². The molecule has 3 rings (SSSR count). The fourth-order valence-electron chi connectivity index (χ4n) is 3.11. The molecule has 0 saturated carbocycles. The minimum Gasteiger partial charge on any atom is -0.376 e. The van der Waals surface area contributed by atoms with E-state index >= 15 is 0 Å². The molecule has 0 spiro atoms. The van der Waals surface area contributed by atoms with E-state index in [2.05, 4.69) is 27.9 Å². The summed E-state index contributed by atoms with van der Waals surface area (Å²) in [5, 5.41) is 0. The maximum Gasteiger partial charge on any atom is 0.161 e. The highest BCUT2D eigenvalue weighted by molar-refractivity contribution is 5.57. The number of aryl methyl sites for hydroxylation is 1. The molecule has 0 radical (unpaired) electrons. The van der Waals surface area contributed by atoms with Gasteiger partial charge in [-0.05, 0) is 44.7 Å². The molecule has 1 saturated heterocycles. The third kappa shape index (κ3) is 4.29. The topological polar surface area (TPSA) is 51.1 Å². The number of ether oxygens (including phenoxy) is 1. The molecule has 24 heavy (non-hydrogen) atoms. The van der Waals surface area contributed by atoms with Gasteiger partial charge in [0.15, 0.2) is 5.82 Å². The van der Waals surface area contributed by atoms with Gasteiger partial charge in [-0.3, -0.25) is 4.98 Å². The van der Waals surface area contributed by atoms with E-state index in [4.69, 9.17) is 9.72 Å². The number of pyridine rings is 1. The summed E-state index contributed by atoms with van der Waals surface area (Å²) >= 11 is 0. The zero-order valence-corrected chi connectivity index (χ0v) is 14.6. The lowest BCUT2D eigenvalue weighted by Gasteiger charge is -2.30. The standard InChI is InChI=1S/C19H26N4O/c1-3-11-23(14-17-6-4-5-12-24-17)18-13-15(2)21-19(22-18)16-7-9-20-10-8-16/h7-10,13,17H,3-6,11-12,14H2,1-2H3/t17-/m1/s1. The summed E-state index contributed by atoms with van der Waals surface area (Å²) in [6.45, 7) is 6.99. The quantitative estimate of drug-likeness (QED) is 0.811. The van der Waals surface area contributed by atoms with Gasteiger partial charge in [-0.1, -0.05) is 6.92 Å². The van der Waals surface area contributed by atoms with E-state index < -0.39 is 0 Å². The molecule has 0 amide bonds. The van der Waals surface area contributed by atoms with Gasteiger partial charge in [-0.2, -0.15) is 0 Å². The van der Waals surface area contributed by atoms with E-state index in [1.165, 1.54) is 12.8 Å². The lowest BCUT2D eigenvalue weighted by molar-refractivity contribution is 0.0209. The van der Waals surface area contributed by atoms with Crippen LogP contribution in [-0.4, -0.2) is 40.8 Å². The Morgan fingerprint density at radius 2 is 2.04 bits per heavy atom. The minimum atomic E-state index is 0.310. The Labute approximate surface area is 144 Å². The molecular weight excluding hydrogens is 300 g/mol. The lowest BCUT2D eigenvalue weighted by Crippen LogP contribution is -2.37. The summed E-state index contributed by atoms with van der Waals surface area (Å²) in [4.78, 5) is 15.8. The molecule has 2 aromatic rings. The molecule has 0 N–H and O–H groups in total. The third-order valence-corrected chi connectivity index (χ3v) is 4.29. The van der Waals surface area contributed by atoms with Crippen LogP contribution in [0.5, 0.6) is 0 Å². The van der Waals surface area contributed by atoms with Crippen molar-refractivity contribution < 1.29 is 4.74 Å². The average molecular weight is 326 g/mol. The van der Waals surface area contributed by atoms with Crippen LogP contribution in [0.4, 0.5) is 5.82 Å². The lowest BCUT2D eigenvalue weighted by atomic mass is 10.1. The molecule has 0 aliphatic carbocycles. The SMILES string of the molecule is CCCN(C[C@H]1CCCCO1)c1cc(C)nc(-c2ccncc2)n1. The van der Waals surface area contributed by atoms with Crippen LogP contribution in [0.1, 0.15) is 38.3 Å². The Kier molecular flexibility index (Phi) is 5.75. The van der Waals surface area contributed by atoms with E-state index in [0.29, 0.717) is 6.10 Å². The largest absolute Gasteiger partial charge is 0.376 e. The minimum absolute atomic E-state index is 0.310. The normalized spacial score (nSPS) is 17.7. The summed E-state index contributed by atoms with van der Waals surface area (Å²) in [5.74, 6) is 1.75. The predicted octanol–water partition coefficient (Wildman–Crippen LogP) is 3.63. The Morgan fingerprint density at radius 3 is 2.75 bits per heavy atom. The highest BCUT2D eigenvalue weighted by Gasteiger charge is 2.19. The number of hydrogen-bond acceptors (Lipinski definition) is 5.